The minimum absolute atomic E-state index is 0.171. The summed E-state index contributed by atoms with van der Waals surface area (Å²) in [4.78, 5) is 12.3. The molecule has 2 aromatic carbocycles. The molecular weight excluding hydrogens is 480 g/mol. The number of hydrogen-bond donors (Lipinski definition) is 1. The van der Waals surface area contributed by atoms with Gasteiger partial charge in [-0.3, -0.25) is 4.79 Å². The first-order chi connectivity index (χ1) is 12.9. The number of halogens is 2. The van der Waals surface area contributed by atoms with E-state index in [1.807, 2.05) is 25.1 Å². The van der Waals surface area contributed by atoms with Crippen LogP contribution in [0.25, 0.3) is 11.0 Å². The Kier molecular flexibility index (Phi) is 5.86. The maximum absolute atomic E-state index is 12.3. The standard InChI is InChI=1S/C19H16Br2N2O4/c1-10-4-15(25-2)16(26-3)7-12(10)9-22-23-19(24)17-6-11-5-13(20)8-14(21)18(11)27-17/h4-9H,1-3H3,(H,23,24)/b22-9-. The molecule has 1 aromatic heterocycles. The second-order valence-electron chi connectivity index (χ2n) is 5.68. The summed E-state index contributed by atoms with van der Waals surface area (Å²) in [5, 5.41) is 4.82. The van der Waals surface area contributed by atoms with Gasteiger partial charge in [-0.05, 0) is 58.7 Å². The molecule has 0 aliphatic heterocycles. The summed E-state index contributed by atoms with van der Waals surface area (Å²) in [6.07, 6.45) is 1.55. The van der Waals surface area contributed by atoms with Gasteiger partial charge in [-0.25, -0.2) is 5.43 Å². The lowest BCUT2D eigenvalue weighted by atomic mass is 10.1. The lowest BCUT2D eigenvalue weighted by molar-refractivity contribution is 0.0929. The molecule has 0 aliphatic rings. The third-order valence-corrected chi connectivity index (χ3v) is 4.95. The number of methoxy groups -OCH3 is 2. The first-order valence-corrected chi connectivity index (χ1v) is 9.46. The Morgan fingerprint density at radius 2 is 1.81 bits per heavy atom. The van der Waals surface area contributed by atoms with Crippen LogP contribution in [-0.4, -0.2) is 26.3 Å². The molecule has 1 amide bonds. The first-order valence-electron chi connectivity index (χ1n) is 7.87. The van der Waals surface area contributed by atoms with E-state index in [4.69, 9.17) is 13.9 Å². The van der Waals surface area contributed by atoms with Crippen molar-refractivity contribution in [1.82, 2.24) is 5.43 Å². The number of hydrogen-bond acceptors (Lipinski definition) is 5. The molecule has 1 N–H and O–H groups in total. The van der Waals surface area contributed by atoms with Crippen molar-refractivity contribution in [1.29, 1.82) is 0 Å². The average molecular weight is 496 g/mol. The van der Waals surface area contributed by atoms with Crippen LogP contribution >= 0.6 is 31.9 Å². The molecule has 0 saturated carbocycles. The topological polar surface area (TPSA) is 73.1 Å². The van der Waals surface area contributed by atoms with Crippen molar-refractivity contribution in [2.45, 2.75) is 6.92 Å². The molecule has 0 bridgehead atoms. The number of carbonyl (C=O) groups excluding carboxylic acids is 1. The van der Waals surface area contributed by atoms with Gasteiger partial charge in [0, 0.05) is 15.4 Å². The number of fused-ring (bicyclic) bond motifs is 1. The quantitative estimate of drug-likeness (QED) is 0.397. The fraction of sp³-hybridized carbons (Fsp3) is 0.158. The molecule has 0 spiro atoms. The highest BCUT2D eigenvalue weighted by atomic mass is 79.9. The van der Waals surface area contributed by atoms with Gasteiger partial charge in [-0.15, -0.1) is 0 Å². The summed E-state index contributed by atoms with van der Waals surface area (Å²) in [6, 6.07) is 9.02. The number of carbonyl (C=O) groups is 1. The molecular formula is C19H16Br2N2O4. The van der Waals surface area contributed by atoms with E-state index in [0.717, 1.165) is 25.5 Å². The van der Waals surface area contributed by atoms with Crippen LogP contribution in [0, 0.1) is 6.92 Å². The van der Waals surface area contributed by atoms with E-state index in [1.165, 1.54) is 0 Å². The molecule has 0 aliphatic carbocycles. The Bertz CT molecular complexity index is 1040. The zero-order chi connectivity index (χ0) is 19.6. The summed E-state index contributed by atoms with van der Waals surface area (Å²) >= 11 is 6.83. The fourth-order valence-electron chi connectivity index (χ4n) is 2.54. The highest BCUT2D eigenvalue weighted by molar-refractivity contribution is 9.11. The minimum atomic E-state index is -0.441. The number of benzene rings is 2. The van der Waals surface area contributed by atoms with Crippen LogP contribution in [0.4, 0.5) is 0 Å². The van der Waals surface area contributed by atoms with Crippen molar-refractivity contribution in [2.24, 2.45) is 5.10 Å². The van der Waals surface area contributed by atoms with Gasteiger partial charge in [0.15, 0.2) is 17.3 Å². The average Bonchev–Trinajstić information content (AvgIpc) is 3.07. The number of furan rings is 1. The maximum Gasteiger partial charge on any atom is 0.307 e. The lowest BCUT2D eigenvalue weighted by Gasteiger charge is -2.10. The molecule has 0 saturated heterocycles. The normalized spacial score (nSPS) is 11.1. The Morgan fingerprint density at radius 1 is 1.11 bits per heavy atom. The van der Waals surface area contributed by atoms with Crippen LogP contribution in [-0.2, 0) is 0 Å². The van der Waals surface area contributed by atoms with E-state index in [9.17, 15) is 4.79 Å². The van der Waals surface area contributed by atoms with Gasteiger partial charge in [0.1, 0.15) is 5.58 Å². The van der Waals surface area contributed by atoms with E-state index in [2.05, 4.69) is 42.4 Å². The van der Waals surface area contributed by atoms with Crippen molar-refractivity contribution >= 4 is 55.0 Å². The predicted molar refractivity (Wildman–Crippen MR) is 111 cm³/mol. The number of aryl methyl sites for hydroxylation is 1. The van der Waals surface area contributed by atoms with Crippen molar-refractivity contribution in [3.63, 3.8) is 0 Å². The number of ether oxygens (including phenoxy) is 2. The fourth-order valence-corrected chi connectivity index (χ4v) is 3.88. The zero-order valence-electron chi connectivity index (χ0n) is 14.8. The van der Waals surface area contributed by atoms with Crippen molar-refractivity contribution in [3.8, 4) is 11.5 Å². The molecule has 8 heteroatoms. The molecule has 3 rings (SSSR count). The SMILES string of the molecule is COc1cc(C)c(/C=N\NC(=O)c2cc3cc(Br)cc(Br)c3o2)cc1OC. The van der Waals surface area contributed by atoms with Gasteiger partial charge >= 0.3 is 5.91 Å². The van der Waals surface area contributed by atoms with Crippen LogP contribution in [0.2, 0.25) is 0 Å². The summed E-state index contributed by atoms with van der Waals surface area (Å²) in [5.74, 6) is 0.951. The highest BCUT2D eigenvalue weighted by Crippen LogP contribution is 2.31. The largest absolute Gasteiger partial charge is 0.493 e. The highest BCUT2D eigenvalue weighted by Gasteiger charge is 2.14. The van der Waals surface area contributed by atoms with Crippen LogP contribution in [0.5, 0.6) is 11.5 Å². The van der Waals surface area contributed by atoms with E-state index in [0.29, 0.717) is 17.1 Å². The van der Waals surface area contributed by atoms with Gasteiger partial charge in [0.05, 0.1) is 24.9 Å². The third kappa shape index (κ3) is 4.17. The summed E-state index contributed by atoms with van der Waals surface area (Å²) in [7, 11) is 3.14. The molecule has 27 heavy (non-hydrogen) atoms. The molecule has 0 radical (unpaired) electrons. The number of nitrogens with zero attached hydrogens (tertiary/aromatic N) is 1. The Balaban J connectivity index is 1.79. The second kappa shape index (κ2) is 8.14. The third-order valence-electron chi connectivity index (χ3n) is 3.90. The number of nitrogens with one attached hydrogen (secondary N) is 1. The van der Waals surface area contributed by atoms with Gasteiger partial charge < -0.3 is 13.9 Å². The summed E-state index contributed by atoms with van der Waals surface area (Å²) in [5.41, 5.74) is 4.80. The molecule has 3 aromatic rings. The van der Waals surface area contributed by atoms with Crippen LogP contribution in [0.3, 0.4) is 0 Å². The van der Waals surface area contributed by atoms with E-state index in [-0.39, 0.29) is 5.76 Å². The molecule has 6 nitrogen and oxygen atoms in total. The maximum atomic E-state index is 12.3. The minimum Gasteiger partial charge on any atom is -0.493 e. The van der Waals surface area contributed by atoms with Crippen molar-refractivity contribution < 1.29 is 18.7 Å². The van der Waals surface area contributed by atoms with E-state index >= 15 is 0 Å². The Labute approximate surface area is 172 Å². The van der Waals surface area contributed by atoms with Gasteiger partial charge in [0.25, 0.3) is 0 Å². The Morgan fingerprint density at radius 3 is 2.52 bits per heavy atom. The Hall–Kier alpha value is -2.32. The zero-order valence-corrected chi connectivity index (χ0v) is 18.0. The smallest absolute Gasteiger partial charge is 0.307 e. The monoisotopic (exact) mass is 494 g/mol. The van der Waals surface area contributed by atoms with Crippen LogP contribution in [0.1, 0.15) is 21.7 Å². The van der Waals surface area contributed by atoms with E-state index < -0.39 is 5.91 Å². The van der Waals surface area contributed by atoms with Crippen molar-refractivity contribution in [3.05, 3.63) is 56.2 Å². The molecule has 0 atom stereocenters. The molecule has 1 heterocycles. The summed E-state index contributed by atoms with van der Waals surface area (Å²) in [6.45, 7) is 1.92. The first kappa shape index (κ1) is 19.4. The lowest BCUT2D eigenvalue weighted by Crippen LogP contribution is -2.16. The molecule has 0 fully saturated rings. The van der Waals surface area contributed by atoms with Crippen LogP contribution < -0.4 is 14.9 Å². The van der Waals surface area contributed by atoms with Gasteiger partial charge in [-0.1, -0.05) is 15.9 Å². The number of hydrazone groups is 1. The van der Waals surface area contributed by atoms with Crippen molar-refractivity contribution in [2.75, 3.05) is 14.2 Å². The van der Waals surface area contributed by atoms with E-state index in [1.54, 1.807) is 32.6 Å². The second-order valence-corrected chi connectivity index (χ2v) is 7.45. The van der Waals surface area contributed by atoms with Crippen LogP contribution in [0.15, 0.2) is 48.8 Å². The van der Waals surface area contributed by atoms with Gasteiger partial charge in [0.2, 0.25) is 0 Å². The number of amides is 1. The van der Waals surface area contributed by atoms with Gasteiger partial charge in [-0.2, -0.15) is 5.10 Å². The number of rotatable bonds is 5. The summed E-state index contributed by atoms with van der Waals surface area (Å²) < 4.78 is 17.8. The molecule has 0 unspecified atom stereocenters. The predicted octanol–water partition coefficient (Wildman–Crippen LogP) is 5.05. The molecule has 140 valence electrons.